The minimum Gasteiger partial charge on any atom is -0.325 e. The second-order valence-electron chi connectivity index (χ2n) is 7.43. The molecular formula is C22H26N4O3S2. The van der Waals surface area contributed by atoms with Gasteiger partial charge in [0.2, 0.25) is 15.9 Å². The highest BCUT2D eigenvalue weighted by Gasteiger charge is 2.21. The van der Waals surface area contributed by atoms with E-state index in [1.165, 1.54) is 38.0 Å². The third kappa shape index (κ3) is 5.17. The van der Waals surface area contributed by atoms with Crippen LogP contribution in [0.1, 0.15) is 18.1 Å². The van der Waals surface area contributed by atoms with Crippen molar-refractivity contribution in [2.75, 3.05) is 19.4 Å². The van der Waals surface area contributed by atoms with Gasteiger partial charge in [-0.05, 0) is 56.2 Å². The van der Waals surface area contributed by atoms with Gasteiger partial charge < -0.3 is 5.32 Å². The number of nitrogens with zero attached hydrogens (tertiary/aromatic N) is 3. The van der Waals surface area contributed by atoms with Gasteiger partial charge in [0.15, 0.2) is 5.16 Å². The summed E-state index contributed by atoms with van der Waals surface area (Å²) in [4.78, 5) is 17.3. The number of thioether (sulfide) groups is 1. The summed E-state index contributed by atoms with van der Waals surface area (Å²) in [6, 6.07) is 12.4. The van der Waals surface area contributed by atoms with Crippen molar-refractivity contribution in [1.82, 2.24) is 13.9 Å². The molecule has 3 aromatic rings. The minimum atomic E-state index is -3.58. The fraction of sp³-hybridized carbons (Fsp3) is 0.273. The Morgan fingerprint density at radius 1 is 1.16 bits per heavy atom. The van der Waals surface area contributed by atoms with E-state index >= 15 is 0 Å². The van der Waals surface area contributed by atoms with E-state index in [1.54, 1.807) is 25.3 Å². The smallest absolute Gasteiger partial charge is 0.242 e. The summed E-state index contributed by atoms with van der Waals surface area (Å²) in [5.74, 6) is -0.236. The molecule has 0 spiro atoms. The Labute approximate surface area is 187 Å². The number of anilines is 1. The normalized spacial score (nSPS) is 12.7. The van der Waals surface area contributed by atoms with Crippen molar-refractivity contribution < 1.29 is 13.2 Å². The zero-order valence-corrected chi connectivity index (χ0v) is 19.8. The van der Waals surface area contributed by atoms with Crippen molar-refractivity contribution in [2.24, 2.45) is 0 Å². The topological polar surface area (TPSA) is 84.3 Å². The first-order valence-corrected chi connectivity index (χ1v) is 12.0. The molecule has 1 amide bonds. The van der Waals surface area contributed by atoms with Gasteiger partial charge in [-0.15, -0.1) is 0 Å². The highest BCUT2D eigenvalue weighted by molar-refractivity contribution is 8.00. The highest BCUT2D eigenvalue weighted by atomic mass is 32.2. The molecule has 1 atom stereocenters. The number of nitrogens with one attached hydrogen (secondary N) is 1. The summed E-state index contributed by atoms with van der Waals surface area (Å²) in [5.41, 5.74) is 3.71. The van der Waals surface area contributed by atoms with Crippen molar-refractivity contribution in [3.8, 4) is 5.69 Å². The summed E-state index contributed by atoms with van der Waals surface area (Å²) >= 11 is 1.34. The molecule has 9 heteroatoms. The third-order valence-electron chi connectivity index (χ3n) is 4.76. The van der Waals surface area contributed by atoms with Gasteiger partial charge in [0.05, 0.1) is 15.8 Å². The Morgan fingerprint density at radius 2 is 1.90 bits per heavy atom. The number of benzene rings is 2. The van der Waals surface area contributed by atoms with Crippen molar-refractivity contribution in [1.29, 1.82) is 0 Å². The van der Waals surface area contributed by atoms with Crippen molar-refractivity contribution in [3.63, 3.8) is 0 Å². The van der Waals surface area contributed by atoms with E-state index in [-0.39, 0.29) is 10.8 Å². The average molecular weight is 459 g/mol. The summed E-state index contributed by atoms with van der Waals surface area (Å²) in [6.45, 7) is 5.87. The molecule has 7 nitrogen and oxygen atoms in total. The second kappa shape index (κ2) is 9.25. The Hall–Kier alpha value is -2.62. The van der Waals surface area contributed by atoms with E-state index < -0.39 is 15.3 Å². The summed E-state index contributed by atoms with van der Waals surface area (Å²) in [6.07, 6.45) is 3.59. The highest BCUT2D eigenvalue weighted by Crippen LogP contribution is 2.27. The molecule has 2 aromatic carbocycles. The Bertz CT molecular complexity index is 1200. The molecule has 0 fully saturated rings. The number of sulfonamides is 1. The van der Waals surface area contributed by atoms with Gasteiger partial charge in [-0.2, -0.15) is 0 Å². The van der Waals surface area contributed by atoms with Crippen molar-refractivity contribution >= 4 is 33.4 Å². The van der Waals surface area contributed by atoms with Gasteiger partial charge in [-0.25, -0.2) is 17.7 Å². The number of amides is 1. The monoisotopic (exact) mass is 458 g/mol. The molecule has 3 rings (SSSR count). The van der Waals surface area contributed by atoms with E-state index in [9.17, 15) is 13.2 Å². The standard InChI is InChI=1S/C22H26N4O3S2/c1-15-9-10-16(2)20(13-15)26-12-11-23-22(26)30-17(3)21(27)24-18-7-6-8-19(14-18)31(28,29)25(4)5/h6-14,17H,1-5H3,(H,24,27)/t17-/m0/s1. The Balaban J connectivity index is 1.76. The lowest BCUT2D eigenvalue weighted by Gasteiger charge is -2.16. The van der Waals surface area contributed by atoms with Crippen LogP contribution in [0.5, 0.6) is 0 Å². The zero-order valence-electron chi connectivity index (χ0n) is 18.2. The molecule has 31 heavy (non-hydrogen) atoms. The van der Waals surface area contributed by atoms with E-state index in [2.05, 4.69) is 28.5 Å². The van der Waals surface area contributed by atoms with Crippen LogP contribution in [0.2, 0.25) is 0 Å². The number of rotatable bonds is 7. The first-order chi connectivity index (χ1) is 14.6. The summed E-state index contributed by atoms with van der Waals surface area (Å²) in [5, 5.41) is 3.07. The maximum Gasteiger partial charge on any atom is 0.242 e. The first kappa shape index (κ1) is 23.1. The van der Waals surface area contributed by atoms with Crippen LogP contribution in [0.25, 0.3) is 5.69 Å². The maximum absolute atomic E-state index is 12.8. The molecular weight excluding hydrogens is 432 g/mol. The van der Waals surface area contributed by atoms with Gasteiger partial charge in [-0.1, -0.05) is 30.0 Å². The van der Waals surface area contributed by atoms with Crippen LogP contribution < -0.4 is 5.32 Å². The fourth-order valence-electron chi connectivity index (χ4n) is 2.94. The molecule has 0 saturated carbocycles. The summed E-state index contributed by atoms with van der Waals surface area (Å²) in [7, 11) is -0.638. The van der Waals surface area contributed by atoms with Crippen LogP contribution in [0.4, 0.5) is 5.69 Å². The van der Waals surface area contributed by atoms with E-state index in [0.29, 0.717) is 10.8 Å². The number of hydrogen-bond acceptors (Lipinski definition) is 5. The molecule has 0 bridgehead atoms. The molecule has 1 aromatic heterocycles. The van der Waals surface area contributed by atoms with Crippen molar-refractivity contribution in [3.05, 3.63) is 66.0 Å². The van der Waals surface area contributed by atoms with Gasteiger partial charge in [-0.3, -0.25) is 9.36 Å². The number of aryl methyl sites for hydroxylation is 2. The van der Waals surface area contributed by atoms with Crippen LogP contribution in [-0.2, 0) is 14.8 Å². The van der Waals surface area contributed by atoms with Gasteiger partial charge in [0.1, 0.15) is 0 Å². The van der Waals surface area contributed by atoms with E-state index in [0.717, 1.165) is 21.1 Å². The SMILES string of the molecule is Cc1ccc(C)c(-n2ccnc2S[C@@H](C)C(=O)Nc2cccc(S(=O)(=O)N(C)C)c2)c1. The lowest BCUT2D eigenvalue weighted by Crippen LogP contribution is -2.24. The molecule has 0 saturated heterocycles. The van der Waals surface area contributed by atoms with Crippen LogP contribution in [0.15, 0.2) is 64.9 Å². The predicted molar refractivity (Wildman–Crippen MR) is 124 cm³/mol. The molecule has 1 N–H and O–H groups in total. The minimum absolute atomic E-state index is 0.126. The summed E-state index contributed by atoms with van der Waals surface area (Å²) < 4.78 is 27.8. The van der Waals surface area contributed by atoms with Crippen LogP contribution in [0, 0.1) is 13.8 Å². The number of imidazole rings is 1. The molecule has 0 unspecified atom stereocenters. The fourth-order valence-corrected chi connectivity index (χ4v) is 4.76. The molecule has 1 heterocycles. The van der Waals surface area contributed by atoms with Crippen molar-refractivity contribution in [2.45, 2.75) is 36.1 Å². The quantitative estimate of drug-likeness (QED) is 0.544. The largest absolute Gasteiger partial charge is 0.325 e. The lowest BCUT2D eigenvalue weighted by atomic mass is 10.1. The number of aromatic nitrogens is 2. The molecule has 0 aliphatic carbocycles. The second-order valence-corrected chi connectivity index (χ2v) is 10.9. The predicted octanol–water partition coefficient (Wildman–Crippen LogP) is 3.86. The van der Waals surface area contributed by atoms with E-state index in [1.807, 2.05) is 24.6 Å². The maximum atomic E-state index is 12.8. The molecule has 0 radical (unpaired) electrons. The number of hydrogen-bond donors (Lipinski definition) is 1. The van der Waals surface area contributed by atoms with E-state index in [4.69, 9.17) is 0 Å². The lowest BCUT2D eigenvalue weighted by molar-refractivity contribution is -0.115. The van der Waals surface area contributed by atoms with Crippen LogP contribution in [0.3, 0.4) is 0 Å². The molecule has 0 aliphatic heterocycles. The van der Waals surface area contributed by atoms with Gasteiger partial charge >= 0.3 is 0 Å². The molecule has 0 aliphatic rings. The number of carbonyl (C=O) groups is 1. The Kier molecular flexibility index (Phi) is 6.88. The van der Waals surface area contributed by atoms with Crippen LogP contribution in [-0.4, -0.2) is 47.5 Å². The number of carbonyl (C=O) groups excluding carboxylic acids is 1. The third-order valence-corrected chi connectivity index (χ3v) is 7.65. The Morgan fingerprint density at radius 3 is 2.61 bits per heavy atom. The average Bonchev–Trinajstić information content (AvgIpc) is 3.17. The molecule has 164 valence electrons. The van der Waals surface area contributed by atoms with Gasteiger partial charge in [0, 0.05) is 32.2 Å². The van der Waals surface area contributed by atoms with Crippen LogP contribution >= 0.6 is 11.8 Å². The van der Waals surface area contributed by atoms with Gasteiger partial charge in [0.25, 0.3) is 0 Å². The zero-order chi connectivity index (χ0) is 22.8. The first-order valence-electron chi connectivity index (χ1n) is 9.70.